The Bertz CT molecular complexity index is 1490. The number of thiazole rings is 1. The van der Waals surface area contributed by atoms with Crippen LogP contribution in [0.25, 0.3) is 11.3 Å². The summed E-state index contributed by atoms with van der Waals surface area (Å²) in [7, 11) is 2.86. The third-order valence-electron chi connectivity index (χ3n) is 8.11. The highest BCUT2D eigenvalue weighted by Gasteiger charge is 2.35. The molecule has 0 unspecified atom stereocenters. The monoisotopic (exact) mass is 648 g/mol. The van der Waals surface area contributed by atoms with E-state index in [1.807, 2.05) is 4.90 Å². The molecule has 2 fully saturated rings. The van der Waals surface area contributed by atoms with E-state index >= 15 is 0 Å². The second-order valence-electron chi connectivity index (χ2n) is 11.2. The molecule has 4 heterocycles. The van der Waals surface area contributed by atoms with Gasteiger partial charge in [0.1, 0.15) is 17.3 Å². The van der Waals surface area contributed by atoms with Gasteiger partial charge < -0.3 is 19.5 Å². The first-order valence-electron chi connectivity index (χ1n) is 14.6. The third-order valence-corrected chi connectivity index (χ3v) is 9.06. The summed E-state index contributed by atoms with van der Waals surface area (Å²) in [6.45, 7) is 3.72. The van der Waals surface area contributed by atoms with E-state index in [1.54, 1.807) is 7.11 Å². The van der Waals surface area contributed by atoms with Crippen molar-refractivity contribution >= 4 is 34.2 Å². The maximum atomic E-state index is 13.9. The number of nitrogens with one attached hydrogen (secondary N) is 1. The molecule has 1 aromatic carbocycles. The number of aromatic nitrogens is 3. The average Bonchev–Trinajstić information content (AvgIpc) is 3.42. The van der Waals surface area contributed by atoms with Gasteiger partial charge >= 0.3 is 12.1 Å². The molecule has 0 bridgehead atoms. The Balaban J connectivity index is 1.37. The molecule has 242 valence electrons. The number of piperidine rings is 2. The Morgan fingerprint density at radius 1 is 1.11 bits per heavy atom. The molecule has 2 aliphatic heterocycles. The summed E-state index contributed by atoms with van der Waals surface area (Å²) in [5.74, 6) is -1.14. The topological polar surface area (TPSA) is 130 Å². The number of amides is 1. The van der Waals surface area contributed by atoms with E-state index in [0.29, 0.717) is 61.4 Å². The fourth-order valence-electron chi connectivity index (χ4n) is 5.80. The van der Waals surface area contributed by atoms with Crippen LogP contribution in [0.15, 0.2) is 30.6 Å². The zero-order valence-electron chi connectivity index (χ0n) is 25.0. The van der Waals surface area contributed by atoms with Gasteiger partial charge in [0.25, 0.3) is 5.91 Å². The molecule has 1 atom stereocenters. The highest BCUT2D eigenvalue weighted by molar-refractivity contribution is 7.16. The Morgan fingerprint density at radius 3 is 2.53 bits per heavy atom. The number of halogens is 3. The Kier molecular flexibility index (Phi) is 10.2. The number of carboxylic acids is 1. The van der Waals surface area contributed by atoms with E-state index in [-0.39, 0.29) is 28.1 Å². The van der Waals surface area contributed by atoms with Crippen molar-refractivity contribution in [2.45, 2.75) is 38.4 Å². The predicted octanol–water partition coefficient (Wildman–Crippen LogP) is 5.04. The number of methoxy groups -OCH3 is 2. The van der Waals surface area contributed by atoms with Crippen LogP contribution in [0.4, 0.5) is 24.1 Å². The Morgan fingerprint density at radius 2 is 1.89 bits per heavy atom. The number of carbonyl (C=O) groups excluding carboxylic acids is 1. The van der Waals surface area contributed by atoms with Crippen molar-refractivity contribution < 1.29 is 37.3 Å². The number of rotatable bonds is 10. The van der Waals surface area contributed by atoms with Gasteiger partial charge in [-0.25, -0.2) is 15.0 Å². The SMILES string of the molecule is COC[C@H]1CCCN(Cc2sc(NC(=O)c3cnc(N4CCC(C(=O)O)CC4)cn3)nc2-c2ccc(OC)c(C(F)(F)F)c2)C1. The summed E-state index contributed by atoms with van der Waals surface area (Å²) < 4.78 is 51.9. The molecule has 2 aliphatic rings. The number of aliphatic carboxylic acids is 1. The number of carbonyl (C=O) groups is 2. The third kappa shape index (κ3) is 7.89. The van der Waals surface area contributed by atoms with Crippen LogP contribution in [0, 0.1) is 11.8 Å². The number of likely N-dealkylation sites (tertiary alicyclic amines) is 1. The second-order valence-corrected chi connectivity index (χ2v) is 12.3. The minimum atomic E-state index is -4.63. The van der Waals surface area contributed by atoms with E-state index < -0.39 is 23.6 Å². The summed E-state index contributed by atoms with van der Waals surface area (Å²) >= 11 is 1.20. The first kappa shape index (κ1) is 32.6. The van der Waals surface area contributed by atoms with Crippen LogP contribution in [-0.2, 0) is 22.3 Å². The quantitative estimate of drug-likeness (QED) is 0.309. The van der Waals surface area contributed by atoms with Gasteiger partial charge in [-0.05, 0) is 56.3 Å². The first-order valence-corrected chi connectivity index (χ1v) is 15.4. The number of alkyl halides is 3. The zero-order valence-corrected chi connectivity index (χ0v) is 25.8. The van der Waals surface area contributed by atoms with Gasteiger partial charge in [0.05, 0.1) is 43.3 Å². The number of hydrogen-bond donors (Lipinski definition) is 2. The molecule has 2 aromatic heterocycles. The Labute approximate surface area is 262 Å². The van der Waals surface area contributed by atoms with Crippen LogP contribution in [0.1, 0.15) is 46.6 Å². The summed E-state index contributed by atoms with van der Waals surface area (Å²) in [5.41, 5.74) is -0.257. The molecule has 0 aliphatic carbocycles. The van der Waals surface area contributed by atoms with Gasteiger partial charge in [-0.2, -0.15) is 13.2 Å². The van der Waals surface area contributed by atoms with Crippen molar-refractivity contribution in [1.82, 2.24) is 19.9 Å². The standard InChI is InChI=1S/C30H35F3N6O5S/c1-43-17-18-4-3-9-38(15-18)16-24-26(20-5-6-23(44-2)21(12-20)30(31,32)33)36-29(45-24)37-27(40)22-13-35-25(14-34-22)39-10-7-19(8-11-39)28(41)42/h5-6,12-14,18-19H,3-4,7-11,15-17H2,1-2H3,(H,41,42)(H,36,37,40)/t18-/m0/s1. The van der Waals surface area contributed by atoms with Crippen molar-refractivity contribution in [1.29, 1.82) is 0 Å². The van der Waals surface area contributed by atoms with Gasteiger partial charge in [-0.15, -0.1) is 0 Å². The van der Waals surface area contributed by atoms with Crippen LogP contribution in [-0.4, -0.2) is 83.8 Å². The van der Waals surface area contributed by atoms with E-state index in [9.17, 15) is 27.9 Å². The smallest absolute Gasteiger partial charge is 0.419 e. The highest BCUT2D eigenvalue weighted by Crippen LogP contribution is 2.41. The first-order chi connectivity index (χ1) is 21.5. The molecular formula is C30H35F3N6O5S. The molecule has 2 saturated heterocycles. The number of nitrogens with zero attached hydrogens (tertiary/aromatic N) is 5. The predicted molar refractivity (Wildman–Crippen MR) is 162 cm³/mol. The number of benzene rings is 1. The van der Waals surface area contributed by atoms with Crippen LogP contribution >= 0.6 is 11.3 Å². The van der Waals surface area contributed by atoms with Crippen LogP contribution in [0.3, 0.4) is 0 Å². The van der Waals surface area contributed by atoms with Crippen molar-refractivity contribution in [2.75, 3.05) is 57.2 Å². The fraction of sp³-hybridized carbons (Fsp3) is 0.500. The van der Waals surface area contributed by atoms with Gasteiger partial charge in [0.2, 0.25) is 0 Å². The Hall–Kier alpha value is -3.82. The molecule has 45 heavy (non-hydrogen) atoms. The minimum absolute atomic E-state index is 0.0414. The van der Waals surface area contributed by atoms with E-state index in [2.05, 4.69) is 25.2 Å². The van der Waals surface area contributed by atoms with Crippen molar-refractivity contribution in [2.24, 2.45) is 11.8 Å². The fourth-order valence-corrected chi connectivity index (χ4v) is 6.82. The lowest BCUT2D eigenvalue weighted by molar-refractivity contribution is -0.142. The number of anilines is 2. The summed E-state index contributed by atoms with van der Waals surface area (Å²) in [6, 6.07) is 3.83. The molecule has 5 rings (SSSR count). The number of hydrogen-bond acceptors (Lipinski definition) is 10. The van der Waals surface area contributed by atoms with E-state index in [4.69, 9.17) is 9.47 Å². The van der Waals surface area contributed by atoms with Gasteiger partial charge in [0.15, 0.2) is 5.13 Å². The molecule has 0 spiro atoms. The van der Waals surface area contributed by atoms with Gasteiger partial charge in [-0.3, -0.25) is 19.8 Å². The molecule has 3 aromatic rings. The molecule has 11 nitrogen and oxygen atoms in total. The maximum Gasteiger partial charge on any atom is 0.419 e. The van der Waals surface area contributed by atoms with Crippen molar-refractivity contribution in [3.8, 4) is 17.0 Å². The highest BCUT2D eigenvalue weighted by atomic mass is 32.1. The second kappa shape index (κ2) is 14.1. The van der Waals surface area contributed by atoms with Crippen molar-refractivity contribution in [3.05, 3.63) is 46.7 Å². The minimum Gasteiger partial charge on any atom is -0.496 e. The lowest BCUT2D eigenvalue weighted by atomic mass is 9.97. The van der Waals surface area contributed by atoms with E-state index in [1.165, 1.54) is 43.0 Å². The summed E-state index contributed by atoms with van der Waals surface area (Å²) in [6.07, 6.45) is 1.18. The molecule has 15 heteroatoms. The zero-order chi connectivity index (χ0) is 32.1. The number of carboxylic acid groups (broad SMARTS) is 1. The largest absolute Gasteiger partial charge is 0.496 e. The molecule has 0 radical (unpaired) electrons. The molecule has 2 N–H and O–H groups in total. The molecule has 0 saturated carbocycles. The molecule has 1 amide bonds. The van der Waals surface area contributed by atoms with Crippen LogP contribution in [0.2, 0.25) is 0 Å². The van der Waals surface area contributed by atoms with Crippen molar-refractivity contribution in [3.63, 3.8) is 0 Å². The van der Waals surface area contributed by atoms with Gasteiger partial charge in [0, 0.05) is 43.7 Å². The number of ether oxygens (including phenoxy) is 2. The lowest BCUT2D eigenvalue weighted by Gasteiger charge is -2.32. The maximum absolute atomic E-state index is 13.9. The average molecular weight is 649 g/mol. The normalized spacial score (nSPS) is 18.2. The summed E-state index contributed by atoms with van der Waals surface area (Å²) in [5, 5.41) is 12.2. The summed E-state index contributed by atoms with van der Waals surface area (Å²) in [4.78, 5) is 42.4. The lowest BCUT2D eigenvalue weighted by Crippen LogP contribution is -2.36. The van der Waals surface area contributed by atoms with Gasteiger partial charge in [-0.1, -0.05) is 11.3 Å². The van der Waals surface area contributed by atoms with Crippen LogP contribution in [0.5, 0.6) is 5.75 Å². The molecular weight excluding hydrogens is 613 g/mol. The van der Waals surface area contributed by atoms with E-state index in [0.717, 1.165) is 32.0 Å². The van der Waals surface area contributed by atoms with Crippen LogP contribution < -0.4 is 15.0 Å².